The van der Waals surface area contributed by atoms with Gasteiger partial charge in [-0.2, -0.15) is 0 Å². The lowest BCUT2D eigenvalue weighted by Crippen LogP contribution is -2.47. The maximum absolute atomic E-state index is 13.4. The van der Waals surface area contributed by atoms with E-state index in [0.29, 0.717) is 6.54 Å². The third-order valence-electron chi connectivity index (χ3n) is 3.27. The summed E-state index contributed by atoms with van der Waals surface area (Å²) < 4.78 is 26.3. The largest absolute Gasteiger partial charge is 0.350 e. The lowest BCUT2D eigenvalue weighted by Gasteiger charge is -2.24. The van der Waals surface area contributed by atoms with Crippen LogP contribution in [0.1, 0.15) is 30.1 Å². The molecule has 18 heavy (non-hydrogen) atoms. The zero-order valence-corrected chi connectivity index (χ0v) is 10.2. The predicted molar refractivity (Wildman–Crippen MR) is 64.3 cm³/mol. The van der Waals surface area contributed by atoms with Crippen LogP contribution in [-0.2, 0) is 0 Å². The molecule has 2 N–H and O–H groups in total. The minimum atomic E-state index is -0.710. The van der Waals surface area contributed by atoms with Crippen LogP contribution < -0.4 is 10.6 Å². The summed E-state index contributed by atoms with van der Waals surface area (Å²) in [5.74, 6) is -1.91. The van der Waals surface area contributed by atoms with E-state index in [2.05, 4.69) is 10.6 Å². The minimum absolute atomic E-state index is 0.153. The zero-order chi connectivity index (χ0) is 13.2. The molecule has 0 aliphatic carbocycles. The summed E-state index contributed by atoms with van der Waals surface area (Å²) in [6, 6.07) is 2.86. The number of hydrogen-bond donors (Lipinski definition) is 2. The van der Waals surface area contributed by atoms with Crippen LogP contribution in [-0.4, -0.2) is 24.5 Å². The van der Waals surface area contributed by atoms with Crippen LogP contribution in [0.4, 0.5) is 8.78 Å². The van der Waals surface area contributed by atoms with E-state index in [1.807, 2.05) is 6.92 Å². The van der Waals surface area contributed by atoms with Crippen LogP contribution in [0.25, 0.3) is 0 Å². The van der Waals surface area contributed by atoms with Gasteiger partial charge in [0.15, 0.2) is 0 Å². The van der Waals surface area contributed by atoms with Gasteiger partial charge in [0, 0.05) is 12.1 Å². The summed E-state index contributed by atoms with van der Waals surface area (Å²) >= 11 is 0. The highest BCUT2D eigenvalue weighted by atomic mass is 19.1. The molecule has 1 amide bonds. The topological polar surface area (TPSA) is 41.1 Å². The van der Waals surface area contributed by atoms with E-state index in [-0.39, 0.29) is 11.1 Å². The van der Waals surface area contributed by atoms with E-state index >= 15 is 0 Å². The van der Waals surface area contributed by atoms with Gasteiger partial charge in [0.25, 0.3) is 5.91 Å². The molecule has 98 valence electrons. The van der Waals surface area contributed by atoms with Gasteiger partial charge in [0.1, 0.15) is 11.6 Å². The maximum Gasteiger partial charge on any atom is 0.254 e. The van der Waals surface area contributed by atoms with E-state index in [9.17, 15) is 13.6 Å². The fourth-order valence-electron chi connectivity index (χ4n) is 2.15. The standard InChI is InChI=1S/C13H16F2N2O/c1-13(5-2-6-17-13)8-16-12(18)10-7-9(14)3-4-11(10)15/h3-4,7,17H,2,5-6,8H2,1H3,(H,16,18). The summed E-state index contributed by atoms with van der Waals surface area (Å²) in [6.07, 6.45) is 2.01. The molecule has 1 aliphatic heterocycles. The fraction of sp³-hybridized carbons (Fsp3) is 0.462. The van der Waals surface area contributed by atoms with Crippen molar-refractivity contribution < 1.29 is 13.6 Å². The van der Waals surface area contributed by atoms with Crippen LogP contribution in [0.2, 0.25) is 0 Å². The van der Waals surface area contributed by atoms with Gasteiger partial charge in [-0.25, -0.2) is 8.78 Å². The SMILES string of the molecule is CC1(CNC(=O)c2cc(F)ccc2F)CCCN1. The van der Waals surface area contributed by atoms with E-state index in [1.54, 1.807) is 0 Å². The Kier molecular flexibility index (Phi) is 3.61. The Hall–Kier alpha value is -1.49. The highest BCUT2D eigenvalue weighted by Gasteiger charge is 2.28. The second-order valence-electron chi connectivity index (χ2n) is 4.90. The Bertz CT molecular complexity index is 456. The molecule has 3 nitrogen and oxygen atoms in total. The first-order chi connectivity index (χ1) is 8.50. The molecule has 1 heterocycles. The first kappa shape index (κ1) is 13.0. The van der Waals surface area contributed by atoms with Crippen LogP contribution in [0.5, 0.6) is 0 Å². The van der Waals surface area contributed by atoms with Crippen molar-refractivity contribution in [2.75, 3.05) is 13.1 Å². The van der Waals surface area contributed by atoms with Gasteiger partial charge in [-0.15, -0.1) is 0 Å². The van der Waals surface area contributed by atoms with Crippen molar-refractivity contribution in [2.24, 2.45) is 0 Å². The third kappa shape index (κ3) is 2.85. The second kappa shape index (κ2) is 5.02. The Balaban J connectivity index is 2.01. The van der Waals surface area contributed by atoms with Gasteiger partial charge in [-0.1, -0.05) is 0 Å². The smallest absolute Gasteiger partial charge is 0.254 e. The normalized spacial score (nSPS) is 23.1. The second-order valence-corrected chi connectivity index (χ2v) is 4.90. The van der Waals surface area contributed by atoms with Crippen molar-refractivity contribution in [1.82, 2.24) is 10.6 Å². The molecule has 0 spiro atoms. The molecule has 1 saturated heterocycles. The molecular weight excluding hydrogens is 238 g/mol. The van der Waals surface area contributed by atoms with Crippen LogP contribution in [0, 0.1) is 11.6 Å². The number of halogens is 2. The first-order valence-electron chi connectivity index (χ1n) is 5.98. The number of carbonyl (C=O) groups excluding carboxylic acids is 1. The molecule has 1 aromatic carbocycles. The monoisotopic (exact) mass is 254 g/mol. The van der Waals surface area contributed by atoms with Gasteiger partial charge in [-0.05, 0) is 44.5 Å². The zero-order valence-electron chi connectivity index (χ0n) is 10.2. The molecule has 1 unspecified atom stereocenters. The minimum Gasteiger partial charge on any atom is -0.350 e. The van der Waals surface area contributed by atoms with Crippen LogP contribution >= 0.6 is 0 Å². The van der Waals surface area contributed by atoms with Crippen molar-refractivity contribution in [3.05, 3.63) is 35.4 Å². The number of amides is 1. The highest BCUT2D eigenvalue weighted by Crippen LogP contribution is 2.17. The van der Waals surface area contributed by atoms with Crippen molar-refractivity contribution in [1.29, 1.82) is 0 Å². The number of hydrogen-bond acceptors (Lipinski definition) is 2. The average Bonchev–Trinajstić information content (AvgIpc) is 2.77. The van der Waals surface area contributed by atoms with Gasteiger partial charge in [-0.3, -0.25) is 4.79 Å². The van der Waals surface area contributed by atoms with Gasteiger partial charge >= 0.3 is 0 Å². The maximum atomic E-state index is 13.4. The Morgan fingerprint density at radius 2 is 2.28 bits per heavy atom. The quantitative estimate of drug-likeness (QED) is 0.864. The van der Waals surface area contributed by atoms with Crippen molar-refractivity contribution in [3.8, 4) is 0 Å². The van der Waals surface area contributed by atoms with Crippen molar-refractivity contribution in [3.63, 3.8) is 0 Å². The first-order valence-corrected chi connectivity index (χ1v) is 5.98. The van der Waals surface area contributed by atoms with E-state index in [4.69, 9.17) is 0 Å². The van der Waals surface area contributed by atoms with E-state index in [0.717, 1.165) is 37.6 Å². The molecule has 1 atom stereocenters. The summed E-state index contributed by atoms with van der Waals surface area (Å²) in [5, 5.41) is 5.92. The number of nitrogens with one attached hydrogen (secondary N) is 2. The van der Waals surface area contributed by atoms with E-state index in [1.165, 1.54) is 0 Å². The van der Waals surface area contributed by atoms with Crippen molar-refractivity contribution in [2.45, 2.75) is 25.3 Å². The fourth-order valence-corrected chi connectivity index (χ4v) is 2.15. The average molecular weight is 254 g/mol. The van der Waals surface area contributed by atoms with E-state index < -0.39 is 17.5 Å². The Labute approximate surface area is 105 Å². The van der Waals surface area contributed by atoms with Crippen LogP contribution in [0.3, 0.4) is 0 Å². The van der Waals surface area contributed by atoms with Gasteiger partial charge in [0.05, 0.1) is 5.56 Å². The lowest BCUT2D eigenvalue weighted by atomic mass is 10.0. The molecule has 0 aromatic heterocycles. The summed E-state index contributed by atoms with van der Waals surface area (Å²) in [4.78, 5) is 11.8. The lowest BCUT2D eigenvalue weighted by molar-refractivity contribution is 0.0938. The summed E-state index contributed by atoms with van der Waals surface area (Å²) in [6.45, 7) is 3.32. The highest BCUT2D eigenvalue weighted by molar-refractivity contribution is 5.94. The van der Waals surface area contributed by atoms with Crippen molar-refractivity contribution >= 4 is 5.91 Å². The molecular formula is C13H16F2N2O. The molecule has 5 heteroatoms. The molecule has 1 fully saturated rings. The number of carbonyl (C=O) groups is 1. The molecule has 1 aliphatic rings. The molecule has 1 aromatic rings. The summed E-state index contributed by atoms with van der Waals surface area (Å²) in [5.41, 5.74) is -0.406. The number of rotatable bonds is 3. The molecule has 0 saturated carbocycles. The Morgan fingerprint density at radius 1 is 1.50 bits per heavy atom. The molecule has 2 rings (SSSR count). The van der Waals surface area contributed by atoms with Gasteiger partial charge in [0.2, 0.25) is 0 Å². The third-order valence-corrected chi connectivity index (χ3v) is 3.27. The number of benzene rings is 1. The van der Waals surface area contributed by atoms with Crippen LogP contribution in [0.15, 0.2) is 18.2 Å². The Morgan fingerprint density at radius 3 is 2.94 bits per heavy atom. The molecule has 0 bridgehead atoms. The predicted octanol–water partition coefficient (Wildman–Crippen LogP) is 1.84. The summed E-state index contributed by atoms with van der Waals surface area (Å²) in [7, 11) is 0. The molecule has 0 radical (unpaired) electrons. The van der Waals surface area contributed by atoms with Gasteiger partial charge < -0.3 is 10.6 Å².